The maximum atomic E-state index is 12.5. The number of H-pyrrole nitrogens is 1. The first-order valence-electron chi connectivity index (χ1n) is 7.23. The number of fused-ring (bicyclic) bond motifs is 1. The molecule has 0 radical (unpaired) electrons. The molecule has 2 heterocycles. The number of nitrogens with zero attached hydrogens (tertiary/aromatic N) is 1. The Morgan fingerprint density at radius 1 is 1.45 bits per heavy atom. The van der Waals surface area contributed by atoms with Gasteiger partial charge in [0.1, 0.15) is 0 Å². The third kappa shape index (κ3) is 2.69. The van der Waals surface area contributed by atoms with E-state index >= 15 is 0 Å². The SMILES string of the molecule is Cc1ccc2c(CC(=O)N3CCOC[C@H]3C(=O)O)c[nH]c2c1. The highest BCUT2D eigenvalue weighted by molar-refractivity contribution is 5.91. The molecule has 6 heteroatoms. The van der Waals surface area contributed by atoms with Gasteiger partial charge in [-0.3, -0.25) is 4.79 Å². The second-order valence-corrected chi connectivity index (χ2v) is 5.56. The van der Waals surface area contributed by atoms with Gasteiger partial charge in [0.15, 0.2) is 6.04 Å². The molecule has 116 valence electrons. The average Bonchev–Trinajstić information content (AvgIpc) is 2.89. The molecule has 1 atom stereocenters. The highest BCUT2D eigenvalue weighted by Gasteiger charge is 2.32. The lowest BCUT2D eigenvalue weighted by Gasteiger charge is -2.32. The summed E-state index contributed by atoms with van der Waals surface area (Å²) in [6.45, 7) is 2.75. The number of morpholine rings is 1. The van der Waals surface area contributed by atoms with E-state index in [0.717, 1.165) is 22.0 Å². The zero-order valence-electron chi connectivity index (χ0n) is 12.3. The summed E-state index contributed by atoms with van der Waals surface area (Å²) in [4.78, 5) is 28.3. The fourth-order valence-electron chi connectivity index (χ4n) is 2.82. The van der Waals surface area contributed by atoms with Crippen LogP contribution in [0.15, 0.2) is 24.4 Å². The quantitative estimate of drug-likeness (QED) is 0.896. The van der Waals surface area contributed by atoms with Crippen LogP contribution in [0.1, 0.15) is 11.1 Å². The van der Waals surface area contributed by atoms with Gasteiger partial charge in [-0.25, -0.2) is 4.79 Å². The predicted octanol–water partition coefficient (Wildman–Crippen LogP) is 1.33. The lowest BCUT2D eigenvalue weighted by molar-refractivity contribution is -0.157. The van der Waals surface area contributed by atoms with E-state index in [4.69, 9.17) is 4.74 Å². The van der Waals surface area contributed by atoms with Crippen molar-refractivity contribution in [2.45, 2.75) is 19.4 Å². The molecule has 1 fully saturated rings. The molecule has 0 aliphatic carbocycles. The fourth-order valence-corrected chi connectivity index (χ4v) is 2.82. The molecule has 0 bridgehead atoms. The molecule has 3 rings (SSSR count). The summed E-state index contributed by atoms with van der Waals surface area (Å²) in [7, 11) is 0. The second-order valence-electron chi connectivity index (χ2n) is 5.56. The van der Waals surface area contributed by atoms with Crippen molar-refractivity contribution in [3.05, 3.63) is 35.5 Å². The van der Waals surface area contributed by atoms with E-state index in [0.29, 0.717) is 13.2 Å². The summed E-state index contributed by atoms with van der Waals surface area (Å²) in [6, 6.07) is 5.11. The van der Waals surface area contributed by atoms with Crippen molar-refractivity contribution in [2.75, 3.05) is 19.8 Å². The number of carboxylic acid groups (broad SMARTS) is 1. The largest absolute Gasteiger partial charge is 0.480 e. The Kier molecular flexibility index (Phi) is 3.85. The number of amides is 1. The van der Waals surface area contributed by atoms with Crippen LogP contribution in [0.2, 0.25) is 0 Å². The van der Waals surface area contributed by atoms with Gasteiger partial charge in [0.2, 0.25) is 5.91 Å². The van der Waals surface area contributed by atoms with E-state index in [1.807, 2.05) is 31.3 Å². The molecule has 6 nitrogen and oxygen atoms in total. The summed E-state index contributed by atoms with van der Waals surface area (Å²) in [6.07, 6.45) is 2.01. The van der Waals surface area contributed by atoms with Gasteiger partial charge in [-0.1, -0.05) is 12.1 Å². The molecule has 1 aliphatic rings. The van der Waals surface area contributed by atoms with Gasteiger partial charge in [-0.05, 0) is 24.1 Å². The molecule has 0 saturated carbocycles. The van der Waals surface area contributed by atoms with E-state index in [1.165, 1.54) is 4.90 Å². The molecule has 2 aromatic rings. The Morgan fingerprint density at radius 2 is 2.27 bits per heavy atom. The third-order valence-electron chi connectivity index (χ3n) is 4.00. The number of carbonyl (C=O) groups is 2. The maximum absolute atomic E-state index is 12.5. The minimum absolute atomic E-state index is 0.0498. The Balaban J connectivity index is 1.81. The molecule has 1 saturated heterocycles. The number of carboxylic acids is 1. The molecular formula is C16H18N2O4. The molecular weight excluding hydrogens is 284 g/mol. The highest BCUT2D eigenvalue weighted by atomic mass is 16.5. The number of carbonyl (C=O) groups excluding carboxylic acids is 1. The van der Waals surface area contributed by atoms with Crippen LogP contribution in [0.5, 0.6) is 0 Å². The third-order valence-corrected chi connectivity index (χ3v) is 4.00. The fraction of sp³-hybridized carbons (Fsp3) is 0.375. The van der Waals surface area contributed by atoms with Crippen molar-refractivity contribution in [2.24, 2.45) is 0 Å². The number of aliphatic carboxylic acids is 1. The van der Waals surface area contributed by atoms with Gasteiger partial charge >= 0.3 is 5.97 Å². The summed E-state index contributed by atoms with van der Waals surface area (Å²) >= 11 is 0. The summed E-state index contributed by atoms with van der Waals surface area (Å²) < 4.78 is 5.16. The topological polar surface area (TPSA) is 82.6 Å². The van der Waals surface area contributed by atoms with Gasteiger partial charge in [0, 0.05) is 23.6 Å². The van der Waals surface area contributed by atoms with Crippen molar-refractivity contribution < 1.29 is 19.4 Å². The Hall–Kier alpha value is -2.34. The monoisotopic (exact) mass is 302 g/mol. The smallest absolute Gasteiger partial charge is 0.328 e. The lowest BCUT2D eigenvalue weighted by atomic mass is 10.1. The standard InChI is InChI=1S/C16H18N2O4/c1-10-2-3-12-11(8-17-13(12)6-10)7-15(19)18-4-5-22-9-14(18)16(20)21/h2-3,6,8,14,17H,4-5,7,9H2,1H3,(H,20,21)/t14-/m0/s1. The molecule has 1 aliphatic heterocycles. The van der Waals surface area contributed by atoms with Crippen LogP contribution >= 0.6 is 0 Å². The zero-order chi connectivity index (χ0) is 15.7. The molecule has 1 aromatic carbocycles. The Bertz CT molecular complexity index is 722. The van der Waals surface area contributed by atoms with Gasteiger partial charge in [-0.2, -0.15) is 0 Å². The predicted molar refractivity (Wildman–Crippen MR) is 80.7 cm³/mol. The van der Waals surface area contributed by atoms with Gasteiger partial charge < -0.3 is 19.7 Å². The first kappa shape index (κ1) is 14.6. The molecule has 2 N–H and O–H groups in total. The molecule has 1 aromatic heterocycles. The van der Waals surface area contributed by atoms with E-state index in [1.54, 1.807) is 0 Å². The number of aryl methyl sites for hydroxylation is 1. The van der Waals surface area contributed by atoms with E-state index in [-0.39, 0.29) is 18.9 Å². The first-order valence-corrected chi connectivity index (χ1v) is 7.23. The van der Waals surface area contributed by atoms with Crippen molar-refractivity contribution in [1.82, 2.24) is 9.88 Å². The number of nitrogens with one attached hydrogen (secondary N) is 1. The Morgan fingerprint density at radius 3 is 3.05 bits per heavy atom. The molecule has 22 heavy (non-hydrogen) atoms. The van der Waals surface area contributed by atoms with Crippen molar-refractivity contribution in [3.8, 4) is 0 Å². The van der Waals surface area contributed by atoms with E-state index < -0.39 is 12.0 Å². The number of hydrogen-bond acceptors (Lipinski definition) is 3. The van der Waals surface area contributed by atoms with E-state index in [2.05, 4.69) is 4.98 Å². The van der Waals surface area contributed by atoms with Gasteiger partial charge in [0.25, 0.3) is 0 Å². The minimum Gasteiger partial charge on any atom is -0.480 e. The Labute approximate surface area is 127 Å². The number of aromatic amines is 1. The van der Waals surface area contributed by atoms with Crippen LogP contribution in [-0.4, -0.2) is 52.7 Å². The number of ether oxygens (including phenoxy) is 1. The normalized spacial score (nSPS) is 18.6. The van der Waals surface area contributed by atoms with Crippen LogP contribution < -0.4 is 0 Å². The van der Waals surface area contributed by atoms with Crippen LogP contribution in [0, 0.1) is 6.92 Å². The van der Waals surface area contributed by atoms with Crippen molar-refractivity contribution in [1.29, 1.82) is 0 Å². The van der Waals surface area contributed by atoms with Crippen molar-refractivity contribution in [3.63, 3.8) is 0 Å². The summed E-state index contributed by atoms with van der Waals surface area (Å²) in [5, 5.41) is 10.2. The average molecular weight is 302 g/mol. The number of aromatic nitrogens is 1. The number of benzene rings is 1. The summed E-state index contributed by atoms with van der Waals surface area (Å²) in [5.74, 6) is -1.21. The molecule has 0 spiro atoms. The molecule has 1 amide bonds. The van der Waals surface area contributed by atoms with Gasteiger partial charge in [0.05, 0.1) is 19.6 Å². The van der Waals surface area contributed by atoms with Crippen LogP contribution in [0.4, 0.5) is 0 Å². The van der Waals surface area contributed by atoms with Crippen LogP contribution in [0.25, 0.3) is 10.9 Å². The van der Waals surface area contributed by atoms with Crippen LogP contribution in [-0.2, 0) is 20.7 Å². The maximum Gasteiger partial charge on any atom is 0.328 e. The number of hydrogen-bond donors (Lipinski definition) is 2. The van der Waals surface area contributed by atoms with Crippen molar-refractivity contribution >= 4 is 22.8 Å². The zero-order valence-corrected chi connectivity index (χ0v) is 12.3. The summed E-state index contributed by atoms with van der Waals surface area (Å²) in [5.41, 5.74) is 3.02. The number of rotatable bonds is 3. The lowest BCUT2D eigenvalue weighted by Crippen LogP contribution is -2.53. The molecule has 0 unspecified atom stereocenters. The van der Waals surface area contributed by atoms with E-state index in [9.17, 15) is 14.7 Å². The van der Waals surface area contributed by atoms with Crippen LogP contribution in [0.3, 0.4) is 0 Å². The second kappa shape index (κ2) is 5.81. The van der Waals surface area contributed by atoms with Gasteiger partial charge in [-0.15, -0.1) is 0 Å². The minimum atomic E-state index is -1.03. The first-order chi connectivity index (χ1) is 10.6. The highest BCUT2D eigenvalue weighted by Crippen LogP contribution is 2.21.